The summed E-state index contributed by atoms with van der Waals surface area (Å²) in [6.07, 6.45) is -3.56. The largest absolute Gasteiger partial charge is 0.416 e. The Morgan fingerprint density at radius 1 is 1.12 bits per heavy atom. The highest BCUT2D eigenvalue weighted by atomic mass is 19.4. The van der Waals surface area contributed by atoms with Gasteiger partial charge < -0.3 is 10.2 Å². The summed E-state index contributed by atoms with van der Waals surface area (Å²) >= 11 is 0. The van der Waals surface area contributed by atoms with Crippen molar-refractivity contribution < 1.29 is 22.8 Å². The monoisotopic (exact) mass is 344 g/mol. The quantitative estimate of drug-likeness (QED) is 0.825. The number of nitrogens with one attached hydrogen (secondary N) is 1. The van der Waals surface area contributed by atoms with Gasteiger partial charge in [-0.2, -0.15) is 13.2 Å². The van der Waals surface area contributed by atoms with E-state index < -0.39 is 17.6 Å². The lowest BCUT2D eigenvalue weighted by molar-refractivity contribution is -0.137. The minimum atomic E-state index is -4.42. The Balaban J connectivity index is 2.51. The first-order valence-electron chi connectivity index (χ1n) is 7.82. The molecule has 0 unspecified atom stereocenters. The van der Waals surface area contributed by atoms with Gasteiger partial charge in [0, 0.05) is 32.1 Å². The van der Waals surface area contributed by atoms with Crippen LogP contribution in [-0.2, 0) is 11.0 Å². The van der Waals surface area contributed by atoms with Crippen LogP contribution >= 0.6 is 0 Å². The van der Waals surface area contributed by atoms with Crippen LogP contribution in [0.2, 0.25) is 0 Å². The highest BCUT2D eigenvalue weighted by Crippen LogP contribution is 2.29. The molecule has 7 heteroatoms. The number of hydrogen-bond donors (Lipinski definition) is 1. The van der Waals surface area contributed by atoms with Crippen LogP contribution in [0.1, 0.15) is 43.1 Å². The fourth-order valence-electron chi connectivity index (χ4n) is 2.06. The van der Waals surface area contributed by atoms with Gasteiger partial charge in [-0.05, 0) is 36.6 Å². The summed E-state index contributed by atoms with van der Waals surface area (Å²) in [5.41, 5.74) is -0.643. The van der Waals surface area contributed by atoms with E-state index in [-0.39, 0.29) is 18.0 Å². The zero-order chi connectivity index (χ0) is 18.3. The van der Waals surface area contributed by atoms with Crippen molar-refractivity contribution in [2.75, 3.05) is 19.6 Å². The Labute approximate surface area is 140 Å². The van der Waals surface area contributed by atoms with Gasteiger partial charge in [-0.3, -0.25) is 9.59 Å². The molecule has 0 aliphatic heterocycles. The third kappa shape index (κ3) is 6.60. The summed E-state index contributed by atoms with van der Waals surface area (Å²) in [4.78, 5) is 25.1. The molecule has 0 bridgehead atoms. The Bertz CT molecular complexity index is 554. The van der Waals surface area contributed by atoms with Gasteiger partial charge in [-0.1, -0.05) is 13.8 Å². The molecule has 134 valence electrons. The molecule has 0 saturated heterocycles. The number of nitrogens with zero attached hydrogens (tertiary/aromatic N) is 1. The maximum absolute atomic E-state index is 12.5. The average Bonchev–Trinajstić information content (AvgIpc) is 2.49. The molecule has 0 heterocycles. The first kappa shape index (κ1) is 20.0. The fraction of sp³-hybridized carbons (Fsp3) is 0.529. The molecule has 1 N–H and O–H groups in total. The Hall–Kier alpha value is -2.05. The summed E-state index contributed by atoms with van der Waals surface area (Å²) in [5, 5.41) is 2.62. The van der Waals surface area contributed by atoms with Gasteiger partial charge in [-0.25, -0.2) is 0 Å². The number of carbonyl (C=O) groups excluding carboxylic acids is 2. The standard InChI is InChI=1S/C17H23F3N2O2/c1-12(2)8-10-22(13(3)23)11-9-21-16(24)14-4-6-15(7-5-14)17(18,19)20/h4-7,12H,8-11H2,1-3H3,(H,21,24). The van der Waals surface area contributed by atoms with Crippen molar-refractivity contribution in [2.24, 2.45) is 5.92 Å². The van der Waals surface area contributed by atoms with E-state index in [9.17, 15) is 22.8 Å². The van der Waals surface area contributed by atoms with Crippen molar-refractivity contribution >= 4 is 11.8 Å². The van der Waals surface area contributed by atoms with Crippen molar-refractivity contribution in [1.29, 1.82) is 0 Å². The van der Waals surface area contributed by atoms with E-state index in [1.807, 2.05) is 0 Å². The molecular formula is C17H23F3N2O2. The lowest BCUT2D eigenvalue weighted by Gasteiger charge is -2.22. The number of amides is 2. The van der Waals surface area contributed by atoms with E-state index in [2.05, 4.69) is 19.2 Å². The minimum absolute atomic E-state index is 0.0700. The van der Waals surface area contributed by atoms with E-state index in [0.717, 1.165) is 30.7 Å². The molecule has 2 amide bonds. The van der Waals surface area contributed by atoms with Crippen LogP contribution < -0.4 is 5.32 Å². The van der Waals surface area contributed by atoms with Crippen LogP contribution in [0.25, 0.3) is 0 Å². The van der Waals surface area contributed by atoms with Gasteiger partial charge in [-0.15, -0.1) is 0 Å². The number of hydrogen-bond acceptors (Lipinski definition) is 2. The van der Waals surface area contributed by atoms with E-state index in [4.69, 9.17) is 0 Å². The van der Waals surface area contributed by atoms with Gasteiger partial charge in [0.05, 0.1) is 5.56 Å². The number of alkyl halides is 3. The molecule has 1 aromatic rings. The number of benzene rings is 1. The van der Waals surface area contributed by atoms with E-state index in [0.29, 0.717) is 19.0 Å². The zero-order valence-corrected chi connectivity index (χ0v) is 14.1. The van der Waals surface area contributed by atoms with Crippen molar-refractivity contribution in [2.45, 2.75) is 33.4 Å². The second-order valence-electron chi connectivity index (χ2n) is 6.02. The first-order chi connectivity index (χ1) is 11.1. The van der Waals surface area contributed by atoms with Crippen LogP contribution in [0.4, 0.5) is 13.2 Å². The third-order valence-corrected chi connectivity index (χ3v) is 3.56. The van der Waals surface area contributed by atoms with Crippen LogP contribution in [0.5, 0.6) is 0 Å². The molecule has 24 heavy (non-hydrogen) atoms. The number of halogens is 3. The summed E-state index contributed by atoms with van der Waals surface area (Å²) in [6.45, 7) is 6.82. The molecule has 0 aromatic heterocycles. The molecular weight excluding hydrogens is 321 g/mol. The molecule has 0 aliphatic rings. The average molecular weight is 344 g/mol. The molecule has 0 atom stereocenters. The molecule has 0 saturated carbocycles. The van der Waals surface area contributed by atoms with Crippen LogP contribution in [0.3, 0.4) is 0 Å². The molecule has 0 aliphatic carbocycles. The SMILES string of the molecule is CC(=O)N(CCNC(=O)c1ccc(C(F)(F)F)cc1)CCC(C)C. The van der Waals surface area contributed by atoms with Gasteiger partial charge >= 0.3 is 6.18 Å². The maximum atomic E-state index is 12.5. The second-order valence-corrected chi connectivity index (χ2v) is 6.02. The molecule has 1 rings (SSSR count). The maximum Gasteiger partial charge on any atom is 0.416 e. The zero-order valence-electron chi connectivity index (χ0n) is 14.1. The van der Waals surface area contributed by atoms with Gasteiger partial charge in [0.25, 0.3) is 5.91 Å². The van der Waals surface area contributed by atoms with Crippen molar-refractivity contribution in [3.05, 3.63) is 35.4 Å². The smallest absolute Gasteiger partial charge is 0.350 e. The topological polar surface area (TPSA) is 49.4 Å². The summed E-state index contributed by atoms with van der Waals surface area (Å²) < 4.78 is 37.4. The molecule has 0 spiro atoms. The Morgan fingerprint density at radius 2 is 1.71 bits per heavy atom. The number of carbonyl (C=O) groups is 2. The van der Waals surface area contributed by atoms with Crippen molar-refractivity contribution in [3.8, 4) is 0 Å². The molecule has 0 fully saturated rings. The van der Waals surface area contributed by atoms with Crippen molar-refractivity contribution in [3.63, 3.8) is 0 Å². The van der Waals surface area contributed by atoms with E-state index in [1.165, 1.54) is 6.92 Å². The van der Waals surface area contributed by atoms with Crippen LogP contribution in [0, 0.1) is 5.92 Å². The minimum Gasteiger partial charge on any atom is -0.350 e. The predicted molar refractivity (Wildman–Crippen MR) is 85.5 cm³/mol. The van der Waals surface area contributed by atoms with E-state index >= 15 is 0 Å². The van der Waals surface area contributed by atoms with Crippen LogP contribution in [-0.4, -0.2) is 36.3 Å². The predicted octanol–water partition coefficient (Wildman–Crippen LogP) is 3.33. The lowest BCUT2D eigenvalue weighted by Crippen LogP contribution is -2.38. The summed E-state index contributed by atoms with van der Waals surface area (Å²) in [7, 11) is 0. The second kappa shape index (κ2) is 8.70. The Morgan fingerprint density at radius 3 is 2.17 bits per heavy atom. The normalized spacial score (nSPS) is 11.5. The lowest BCUT2D eigenvalue weighted by atomic mass is 10.1. The highest BCUT2D eigenvalue weighted by Gasteiger charge is 2.30. The first-order valence-corrected chi connectivity index (χ1v) is 7.82. The molecule has 4 nitrogen and oxygen atoms in total. The third-order valence-electron chi connectivity index (χ3n) is 3.56. The van der Waals surface area contributed by atoms with Gasteiger partial charge in [0.2, 0.25) is 5.91 Å². The van der Waals surface area contributed by atoms with Gasteiger partial charge in [0.15, 0.2) is 0 Å². The van der Waals surface area contributed by atoms with Crippen LogP contribution in [0.15, 0.2) is 24.3 Å². The van der Waals surface area contributed by atoms with E-state index in [1.54, 1.807) is 4.90 Å². The molecule has 1 aromatic carbocycles. The number of rotatable bonds is 7. The summed E-state index contributed by atoms with van der Waals surface area (Å²) in [6, 6.07) is 4.03. The fourth-order valence-corrected chi connectivity index (χ4v) is 2.06. The molecule has 0 radical (unpaired) electrons. The Kier molecular flexibility index (Phi) is 7.25. The van der Waals surface area contributed by atoms with Gasteiger partial charge in [0.1, 0.15) is 0 Å². The van der Waals surface area contributed by atoms with Crippen molar-refractivity contribution in [1.82, 2.24) is 10.2 Å². The highest BCUT2D eigenvalue weighted by molar-refractivity contribution is 5.94. The summed E-state index contributed by atoms with van der Waals surface area (Å²) in [5.74, 6) is -0.0656.